The van der Waals surface area contributed by atoms with Crippen LogP contribution in [0.1, 0.15) is 25.5 Å². The van der Waals surface area contributed by atoms with Crippen molar-refractivity contribution >= 4 is 0 Å². The molecule has 1 aromatic rings. The molecule has 2 nitrogen and oxygen atoms in total. The molecule has 0 fully saturated rings. The standard InChI is InChI=1S/C12H14F2N2/c1-8(2)7-16-12(6-15)10-4-3-9(13)5-11(10)14/h3-5,8,12,16H,7H2,1-2H3. The fourth-order valence-corrected chi connectivity index (χ4v) is 1.31. The first-order valence-corrected chi connectivity index (χ1v) is 5.12. The molecule has 86 valence electrons. The van der Waals surface area contributed by atoms with E-state index in [1.807, 2.05) is 19.9 Å². The molecule has 0 aliphatic heterocycles. The first-order valence-electron chi connectivity index (χ1n) is 5.12. The zero-order valence-corrected chi connectivity index (χ0v) is 9.30. The second-order valence-corrected chi connectivity index (χ2v) is 4.03. The van der Waals surface area contributed by atoms with E-state index in [1.54, 1.807) is 0 Å². The summed E-state index contributed by atoms with van der Waals surface area (Å²) < 4.78 is 26.1. The van der Waals surface area contributed by atoms with Crippen molar-refractivity contribution in [3.63, 3.8) is 0 Å². The Bertz CT molecular complexity index is 396. The Labute approximate surface area is 93.9 Å². The van der Waals surface area contributed by atoms with E-state index in [-0.39, 0.29) is 5.56 Å². The van der Waals surface area contributed by atoms with E-state index in [2.05, 4.69) is 5.32 Å². The topological polar surface area (TPSA) is 35.8 Å². The maximum atomic E-state index is 13.4. The zero-order valence-electron chi connectivity index (χ0n) is 9.30. The third-order valence-electron chi connectivity index (χ3n) is 2.13. The molecular weight excluding hydrogens is 210 g/mol. The Hall–Kier alpha value is -1.47. The molecule has 4 heteroatoms. The molecule has 1 atom stereocenters. The van der Waals surface area contributed by atoms with Crippen molar-refractivity contribution in [1.82, 2.24) is 5.32 Å². The normalized spacial score (nSPS) is 12.5. The van der Waals surface area contributed by atoms with Gasteiger partial charge in [-0.15, -0.1) is 0 Å². The molecule has 0 radical (unpaired) electrons. The van der Waals surface area contributed by atoms with Crippen LogP contribution >= 0.6 is 0 Å². The van der Waals surface area contributed by atoms with Gasteiger partial charge in [-0.1, -0.05) is 19.9 Å². The summed E-state index contributed by atoms with van der Waals surface area (Å²) in [5.74, 6) is -0.969. The van der Waals surface area contributed by atoms with Gasteiger partial charge < -0.3 is 0 Å². The average molecular weight is 224 g/mol. The summed E-state index contributed by atoms with van der Waals surface area (Å²) >= 11 is 0. The predicted molar refractivity (Wildman–Crippen MR) is 57.6 cm³/mol. The molecule has 1 aromatic carbocycles. The van der Waals surface area contributed by atoms with Crippen LogP contribution in [-0.4, -0.2) is 6.54 Å². The lowest BCUT2D eigenvalue weighted by Crippen LogP contribution is -2.25. The lowest BCUT2D eigenvalue weighted by Gasteiger charge is -2.14. The minimum absolute atomic E-state index is 0.185. The largest absolute Gasteiger partial charge is 0.298 e. The molecule has 0 aliphatic carbocycles. The van der Waals surface area contributed by atoms with E-state index in [1.165, 1.54) is 6.07 Å². The van der Waals surface area contributed by atoms with Gasteiger partial charge in [0, 0.05) is 11.6 Å². The van der Waals surface area contributed by atoms with Gasteiger partial charge >= 0.3 is 0 Å². The van der Waals surface area contributed by atoms with E-state index in [0.29, 0.717) is 12.5 Å². The van der Waals surface area contributed by atoms with E-state index < -0.39 is 17.7 Å². The minimum atomic E-state index is -0.733. The Morgan fingerprint density at radius 1 is 1.38 bits per heavy atom. The molecule has 0 aromatic heterocycles. The molecule has 1 rings (SSSR count). The SMILES string of the molecule is CC(C)CNC(C#N)c1ccc(F)cc1F. The maximum absolute atomic E-state index is 13.4. The fourth-order valence-electron chi connectivity index (χ4n) is 1.31. The predicted octanol–water partition coefficient (Wildman–Crippen LogP) is 2.78. The van der Waals surface area contributed by atoms with Gasteiger partial charge in [-0.3, -0.25) is 5.32 Å². The number of halogens is 2. The average Bonchev–Trinajstić information content (AvgIpc) is 2.21. The van der Waals surface area contributed by atoms with Crippen molar-refractivity contribution < 1.29 is 8.78 Å². The number of nitriles is 1. The van der Waals surface area contributed by atoms with Gasteiger partial charge in [-0.25, -0.2) is 8.78 Å². The first-order chi connectivity index (χ1) is 7.54. The smallest absolute Gasteiger partial charge is 0.131 e. The summed E-state index contributed by atoms with van der Waals surface area (Å²) in [5, 5.41) is 11.8. The van der Waals surface area contributed by atoms with Gasteiger partial charge in [0.15, 0.2) is 0 Å². The summed E-state index contributed by atoms with van der Waals surface area (Å²) in [5.41, 5.74) is 0.185. The van der Waals surface area contributed by atoms with Crippen LogP contribution < -0.4 is 5.32 Å². The van der Waals surface area contributed by atoms with Crippen molar-refractivity contribution in [1.29, 1.82) is 5.26 Å². The summed E-state index contributed by atoms with van der Waals surface area (Å²) in [7, 11) is 0. The van der Waals surface area contributed by atoms with Crippen LogP contribution in [0.5, 0.6) is 0 Å². The van der Waals surface area contributed by atoms with E-state index in [4.69, 9.17) is 5.26 Å². The maximum Gasteiger partial charge on any atom is 0.131 e. The summed E-state index contributed by atoms with van der Waals surface area (Å²) in [4.78, 5) is 0. The van der Waals surface area contributed by atoms with Gasteiger partial charge in [0.25, 0.3) is 0 Å². The van der Waals surface area contributed by atoms with E-state index in [9.17, 15) is 8.78 Å². The first kappa shape index (κ1) is 12.6. The molecule has 0 amide bonds. The van der Waals surface area contributed by atoms with Gasteiger partial charge in [0.2, 0.25) is 0 Å². The third kappa shape index (κ3) is 3.28. The lowest BCUT2D eigenvalue weighted by molar-refractivity contribution is 0.502. The van der Waals surface area contributed by atoms with Crippen molar-refractivity contribution in [3.05, 3.63) is 35.4 Å². The molecule has 1 N–H and O–H groups in total. The van der Waals surface area contributed by atoms with Crippen LogP contribution in [0, 0.1) is 28.9 Å². The number of nitrogens with one attached hydrogen (secondary N) is 1. The highest BCUT2D eigenvalue weighted by molar-refractivity contribution is 5.26. The number of hydrogen-bond acceptors (Lipinski definition) is 2. The van der Waals surface area contributed by atoms with Gasteiger partial charge in [0.05, 0.1) is 6.07 Å². The lowest BCUT2D eigenvalue weighted by atomic mass is 10.1. The van der Waals surface area contributed by atoms with Crippen molar-refractivity contribution in [3.8, 4) is 6.07 Å². The molecule has 0 bridgehead atoms. The molecule has 0 heterocycles. The van der Waals surface area contributed by atoms with Gasteiger partial charge in [0.1, 0.15) is 17.7 Å². The second kappa shape index (κ2) is 5.57. The molecule has 1 unspecified atom stereocenters. The Morgan fingerprint density at radius 2 is 2.06 bits per heavy atom. The summed E-state index contributed by atoms with van der Waals surface area (Å²) in [6.45, 7) is 4.58. The highest BCUT2D eigenvalue weighted by atomic mass is 19.1. The molecule has 16 heavy (non-hydrogen) atoms. The van der Waals surface area contributed by atoms with Crippen LogP contribution in [0.3, 0.4) is 0 Å². The van der Waals surface area contributed by atoms with E-state index in [0.717, 1.165) is 12.1 Å². The fraction of sp³-hybridized carbons (Fsp3) is 0.417. The Kier molecular flexibility index (Phi) is 4.39. The minimum Gasteiger partial charge on any atom is -0.298 e. The Balaban J connectivity index is 2.84. The molecule has 0 saturated carbocycles. The van der Waals surface area contributed by atoms with Crippen LogP contribution in [0.25, 0.3) is 0 Å². The quantitative estimate of drug-likeness (QED) is 0.853. The number of hydrogen-bond donors (Lipinski definition) is 1. The molecular formula is C12H14F2N2. The number of benzene rings is 1. The molecule has 0 saturated heterocycles. The van der Waals surface area contributed by atoms with Crippen LogP contribution in [-0.2, 0) is 0 Å². The molecule has 0 spiro atoms. The van der Waals surface area contributed by atoms with Crippen LogP contribution in [0.4, 0.5) is 8.78 Å². The van der Waals surface area contributed by atoms with Crippen molar-refractivity contribution in [2.45, 2.75) is 19.9 Å². The zero-order chi connectivity index (χ0) is 12.1. The molecule has 0 aliphatic rings. The third-order valence-corrected chi connectivity index (χ3v) is 2.13. The summed E-state index contributed by atoms with van der Waals surface area (Å²) in [6, 6.07) is 4.47. The summed E-state index contributed by atoms with van der Waals surface area (Å²) in [6.07, 6.45) is 0. The van der Waals surface area contributed by atoms with Crippen molar-refractivity contribution in [2.24, 2.45) is 5.92 Å². The van der Waals surface area contributed by atoms with Crippen LogP contribution in [0.2, 0.25) is 0 Å². The number of nitrogens with zero attached hydrogens (tertiary/aromatic N) is 1. The van der Waals surface area contributed by atoms with Gasteiger partial charge in [-0.05, 0) is 18.5 Å². The highest BCUT2D eigenvalue weighted by Crippen LogP contribution is 2.17. The number of rotatable bonds is 4. The second-order valence-electron chi connectivity index (χ2n) is 4.03. The van der Waals surface area contributed by atoms with E-state index >= 15 is 0 Å². The van der Waals surface area contributed by atoms with Gasteiger partial charge in [-0.2, -0.15) is 5.26 Å². The monoisotopic (exact) mass is 224 g/mol. The van der Waals surface area contributed by atoms with Crippen LogP contribution in [0.15, 0.2) is 18.2 Å². The highest BCUT2D eigenvalue weighted by Gasteiger charge is 2.15. The Morgan fingerprint density at radius 3 is 2.56 bits per heavy atom. The van der Waals surface area contributed by atoms with Crippen molar-refractivity contribution in [2.75, 3.05) is 6.54 Å².